The summed E-state index contributed by atoms with van der Waals surface area (Å²) in [7, 11) is 0. The molecule has 0 aliphatic heterocycles. The van der Waals surface area contributed by atoms with Crippen LogP contribution in [0.1, 0.15) is 16.1 Å². The molecule has 0 saturated heterocycles. The summed E-state index contributed by atoms with van der Waals surface area (Å²) in [5.74, 6) is -0.824. The predicted molar refractivity (Wildman–Crippen MR) is 66.9 cm³/mol. The minimum absolute atomic E-state index is 0.0346. The quantitative estimate of drug-likeness (QED) is 0.463. The number of aromatic nitrogens is 2. The largest absolute Gasteiger partial charge is 0.379 e. The van der Waals surface area contributed by atoms with Gasteiger partial charge in [0.25, 0.3) is 11.6 Å². The van der Waals surface area contributed by atoms with E-state index in [1.807, 2.05) is 0 Å². The highest BCUT2D eigenvalue weighted by Crippen LogP contribution is 2.10. The number of nitro groups is 1. The molecule has 0 aliphatic rings. The van der Waals surface area contributed by atoms with Crippen LogP contribution >= 0.6 is 0 Å². The van der Waals surface area contributed by atoms with E-state index in [2.05, 4.69) is 25.5 Å². The number of benzene rings is 1. The first-order chi connectivity index (χ1) is 9.58. The summed E-state index contributed by atoms with van der Waals surface area (Å²) in [5, 5.41) is 20.7. The molecule has 1 aromatic carbocycles. The van der Waals surface area contributed by atoms with Crippen molar-refractivity contribution in [2.75, 3.05) is 5.73 Å². The van der Waals surface area contributed by atoms with E-state index in [0.29, 0.717) is 5.56 Å². The molecule has 1 amide bonds. The van der Waals surface area contributed by atoms with Crippen molar-refractivity contribution in [1.82, 2.24) is 15.7 Å². The molecule has 0 radical (unpaired) electrons. The molecule has 10 nitrogen and oxygen atoms in total. The average molecular weight is 276 g/mol. The number of nitrogen functional groups attached to an aromatic ring is 1. The summed E-state index contributed by atoms with van der Waals surface area (Å²) < 4.78 is 4.27. The highest BCUT2D eigenvalue weighted by molar-refractivity contribution is 5.96. The molecule has 1 heterocycles. The molecule has 0 fully saturated rings. The van der Waals surface area contributed by atoms with Crippen molar-refractivity contribution in [3.8, 4) is 0 Å². The Hall–Kier alpha value is -3.30. The fraction of sp³-hybridized carbons (Fsp3) is 0. The number of carbonyl (C=O) groups is 1. The van der Waals surface area contributed by atoms with E-state index >= 15 is 0 Å². The molecule has 2 aromatic rings. The Labute approximate surface area is 111 Å². The molecule has 3 N–H and O–H groups in total. The Morgan fingerprint density at radius 3 is 2.65 bits per heavy atom. The fourth-order valence-electron chi connectivity index (χ4n) is 1.25. The number of nitro benzene ring substituents is 1. The van der Waals surface area contributed by atoms with E-state index in [-0.39, 0.29) is 17.2 Å². The number of non-ortho nitro benzene ring substituents is 1. The van der Waals surface area contributed by atoms with E-state index in [1.165, 1.54) is 30.5 Å². The van der Waals surface area contributed by atoms with Crippen molar-refractivity contribution >= 4 is 23.6 Å². The highest BCUT2D eigenvalue weighted by Gasteiger charge is 2.14. The lowest BCUT2D eigenvalue weighted by atomic mass is 10.2. The van der Waals surface area contributed by atoms with Crippen LogP contribution < -0.4 is 11.2 Å². The lowest BCUT2D eigenvalue weighted by Crippen LogP contribution is -2.19. The van der Waals surface area contributed by atoms with E-state index in [4.69, 9.17) is 5.73 Å². The molecule has 2 rings (SSSR count). The van der Waals surface area contributed by atoms with Gasteiger partial charge in [0.15, 0.2) is 0 Å². The Bertz CT molecular complexity index is 663. The van der Waals surface area contributed by atoms with Gasteiger partial charge in [-0.15, -0.1) is 0 Å². The van der Waals surface area contributed by atoms with Crippen molar-refractivity contribution in [3.63, 3.8) is 0 Å². The summed E-state index contributed by atoms with van der Waals surface area (Å²) in [5.41, 5.74) is 7.85. The maximum absolute atomic E-state index is 11.5. The van der Waals surface area contributed by atoms with Crippen molar-refractivity contribution < 1.29 is 14.3 Å². The topological polar surface area (TPSA) is 150 Å². The van der Waals surface area contributed by atoms with Gasteiger partial charge in [-0.25, -0.2) is 10.1 Å². The van der Waals surface area contributed by atoms with Gasteiger partial charge in [-0.2, -0.15) is 5.10 Å². The summed E-state index contributed by atoms with van der Waals surface area (Å²) >= 11 is 0. The zero-order chi connectivity index (χ0) is 14.5. The third-order valence-electron chi connectivity index (χ3n) is 2.21. The van der Waals surface area contributed by atoms with Crippen molar-refractivity contribution in [2.45, 2.75) is 0 Å². The molecule has 0 atom stereocenters. The van der Waals surface area contributed by atoms with Gasteiger partial charge in [0.2, 0.25) is 11.5 Å². The van der Waals surface area contributed by atoms with Crippen LogP contribution in [0.5, 0.6) is 0 Å². The standard InChI is InChI=1S/C10H8N6O4/c11-9-8(14-20-15-9)10(17)13-12-5-6-1-3-7(4-2-6)16(18)19/h1-5H,(H2,11,15)(H,13,17). The number of hydrazone groups is 1. The van der Waals surface area contributed by atoms with Gasteiger partial charge in [0, 0.05) is 12.1 Å². The Balaban J connectivity index is 1.98. The molecule has 0 saturated carbocycles. The van der Waals surface area contributed by atoms with Gasteiger partial charge in [-0.3, -0.25) is 14.9 Å². The third kappa shape index (κ3) is 2.93. The summed E-state index contributed by atoms with van der Waals surface area (Å²) in [6.45, 7) is 0. The van der Waals surface area contributed by atoms with Crippen LogP contribution in [0.2, 0.25) is 0 Å². The van der Waals surface area contributed by atoms with E-state index < -0.39 is 10.8 Å². The maximum Gasteiger partial charge on any atom is 0.297 e. The molecule has 0 spiro atoms. The van der Waals surface area contributed by atoms with Gasteiger partial charge in [-0.1, -0.05) is 0 Å². The normalized spacial score (nSPS) is 10.6. The van der Waals surface area contributed by atoms with Crippen LogP contribution in [0.4, 0.5) is 11.5 Å². The first kappa shape index (κ1) is 13.1. The monoisotopic (exact) mass is 276 g/mol. The molecule has 0 bridgehead atoms. The van der Waals surface area contributed by atoms with E-state index in [1.54, 1.807) is 0 Å². The summed E-state index contributed by atoms with van der Waals surface area (Å²) in [4.78, 5) is 21.5. The van der Waals surface area contributed by atoms with E-state index in [9.17, 15) is 14.9 Å². The minimum Gasteiger partial charge on any atom is -0.379 e. The molecule has 10 heteroatoms. The Morgan fingerprint density at radius 1 is 1.40 bits per heavy atom. The number of carbonyl (C=O) groups excluding carboxylic acids is 1. The number of rotatable bonds is 4. The van der Waals surface area contributed by atoms with Crippen LogP contribution in [-0.2, 0) is 0 Å². The first-order valence-electron chi connectivity index (χ1n) is 5.24. The number of anilines is 1. The summed E-state index contributed by atoms with van der Waals surface area (Å²) in [6, 6.07) is 5.62. The van der Waals surface area contributed by atoms with Crippen LogP contribution in [0, 0.1) is 10.1 Å². The Morgan fingerprint density at radius 2 is 2.10 bits per heavy atom. The highest BCUT2D eigenvalue weighted by atomic mass is 16.6. The van der Waals surface area contributed by atoms with Crippen molar-refractivity contribution in [2.24, 2.45) is 5.10 Å². The van der Waals surface area contributed by atoms with Gasteiger partial charge in [-0.05, 0) is 28.0 Å². The second-order valence-electron chi connectivity index (χ2n) is 3.55. The number of nitrogens with two attached hydrogens (primary N) is 1. The molecular formula is C10H8N6O4. The van der Waals surface area contributed by atoms with Gasteiger partial charge in [0.1, 0.15) is 0 Å². The number of nitrogens with one attached hydrogen (secondary N) is 1. The lowest BCUT2D eigenvalue weighted by Gasteiger charge is -1.95. The zero-order valence-electron chi connectivity index (χ0n) is 9.89. The van der Waals surface area contributed by atoms with Crippen LogP contribution in [0.25, 0.3) is 0 Å². The summed E-state index contributed by atoms with van der Waals surface area (Å²) in [6.07, 6.45) is 1.31. The van der Waals surface area contributed by atoms with Crippen LogP contribution in [-0.4, -0.2) is 27.4 Å². The third-order valence-corrected chi connectivity index (χ3v) is 2.21. The lowest BCUT2D eigenvalue weighted by molar-refractivity contribution is -0.384. The van der Waals surface area contributed by atoms with Crippen LogP contribution in [0.3, 0.4) is 0 Å². The molecule has 1 aromatic heterocycles. The molecule has 0 unspecified atom stereocenters. The molecule has 102 valence electrons. The minimum atomic E-state index is -0.679. The maximum atomic E-state index is 11.5. The fourth-order valence-corrected chi connectivity index (χ4v) is 1.25. The smallest absolute Gasteiger partial charge is 0.297 e. The van der Waals surface area contributed by atoms with Crippen LogP contribution in [0.15, 0.2) is 34.0 Å². The molecular weight excluding hydrogens is 268 g/mol. The second kappa shape index (κ2) is 5.56. The number of hydrogen-bond acceptors (Lipinski definition) is 8. The SMILES string of the molecule is Nc1nonc1C(=O)NN=Cc1ccc([N+](=O)[O-])cc1. The Kier molecular flexibility index (Phi) is 3.65. The predicted octanol–water partition coefficient (Wildman–Crippen LogP) is 0.324. The average Bonchev–Trinajstić information content (AvgIpc) is 2.85. The molecule has 0 aliphatic carbocycles. The van der Waals surface area contributed by atoms with Gasteiger partial charge in [0.05, 0.1) is 11.1 Å². The molecule has 20 heavy (non-hydrogen) atoms. The number of hydrogen-bond donors (Lipinski definition) is 2. The van der Waals surface area contributed by atoms with E-state index in [0.717, 1.165) is 0 Å². The van der Waals surface area contributed by atoms with Crippen molar-refractivity contribution in [3.05, 3.63) is 45.6 Å². The van der Waals surface area contributed by atoms with Crippen molar-refractivity contribution in [1.29, 1.82) is 0 Å². The number of nitrogens with zero attached hydrogens (tertiary/aromatic N) is 4. The number of amides is 1. The zero-order valence-corrected chi connectivity index (χ0v) is 9.89. The second-order valence-corrected chi connectivity index (χ2v) is 3.55. The van der Waals surface area contributed by atoms with Gasteiger partial charge < -0.3 is 5.73 Å². The first-order valence-corrected chi connectivity index (χ1v) is 5.24. The van der Waals surface area contributed by atoms with Gasteiger partial charge >= 0.3 is 0 Å².